The molecule has 1 unspecified atom stereocenters. The molecule has 1 atom stereocenters. The largest absolute Gasteiger partial charge is 0.306 e. The molecule has 0 saturated heterocycles. The normalized spacial score (nSPS) is 12.7. The van der Waals surface area contributed by atoms with Gasteiger partial charge in [0.05, 0.1) is 0 Å². The molecular weight excluding hydrogens is 369 g/mol. The molecule has 21 heavy (non-hydrogen) atoms. The Hall–Kier alpha value is -0.540. The lowest BCUT2D eigenvalue weighted by Gasteiger charge is -2.23. The SMILES string of the molecule is CC(C)C(NCc1cc(Cl)ccc1Br)c1ccc(Cl)cc1. The van der Waals surface area contributed by atoms with Crippen LogP contribution in [0.2, 0.25) is 10.0 Å². The van der Waals surface area contributed by atoms with Gasteiger partial charge in [-0.2, -0.15) is 0 Å². The summed E-state index contributed by atoms with van der Waals surface area (Å²) in [7, 11) is 0. The second kappa shape index (κ2) is 7.64. The van der Waals surface area contributed by atoms with Gasteiger partial charge in [-0.15, -0.1) is 0 Å². The van der Waals surface area contributed by atoms with E-state index in [9.17, 15) is 0 Å². The molecule has 2 aromatic carbocycles. The van der Waals surface area contributed by atoms with E-state index in [1.54, 1.807) is 0 Å². The molecule has 0 aliphatic carbocycles. The fourth-order valence-electron chi connectivity index (χ4n) is 2.31. The summed E-state index contributed by atoms with van der Waals surface area (Å²) in [6.07, 6.45) is 0. The fourth-order valence-corrected chi connectivity index (χ4v) is 3.01. The second-order valence-electron chi connectivity index (χ2n) is 5.39. The lowest BCUT2D eigenvalue weighted by molar-refractivity contribution is 0.410. The molecule has 0 radical (unpaired) electrons. The van der Waals surface area contributed by atoms with E-state index in [-0.39, 0.29) is 6.04 Å². The van der Waals surface area contributed by atoms with Crippen LogP contribution < -0.4 is 5.32 Å². The van der Waals surface area contributed by atoms with Crippen LogP contribution in [-0.2, 0) is 6.54 Å². The highest BCUT2D eigenvalue weighted by atomic mass is 79.9. The van der Waals surface area contributed by atoms with Gasteiger partial charge >= 0.3 is 0 Å². The van der Waals surface area contributed by atoms with E-state index in [1.807, 2.05) is 30.3 Å². The van der Waals surface area contributed by atoms with Gasteiger partial charge in [-0.25, -0.2) is 0 Å². The van der Waals surface area contributed by atoms with Crippen molar-refractivity contribution in [2.24, 2.45) is 5.92 Å². The quantitative estimate of drug-likeness (QED) is 0.640. The summed E-state index contributed by atoms with van der Waals surface area (Å²) in [5, 5.41) is 5.12. The zero-order chi connectivity index (χ0) is 15.4. The van der Waals surface area contributed by atoms with Gasteiger partial charge in [-0.3, -0.25) is 0 Å². The summed E-state index contributed by atoms with van der Waals surface area (Å²) >= 11 is 15.6. The summed E-state index contributed by atoms with van der Waals surface area (Å²) < 4.78 is 1.07. The summed E-state index contributed by atoms with van der Waals surface area (Å²) in [6.45, 7) is 5.17. The maximum Gasteiger partial charge on any atom is 0.0410 e. The first-order chi connectivity index (χ1) is 9.97. The minimum atomic E-state index is 0.271. The van der Waals surface area contributed by atoms with Crippen molar-refractivity contribution in [1.82, 2.24) is 5.32 Å². The third-order valence-electron chi connectivity index (χ3n) is 3.42. The van der Waals surface area contributed by atoms with Crippen LogP contribution in [0.4, 0.5) is 0 Å². The Labute approximate surface area is 144 Å². The molecule has 0 aliphatic rings. The number of rotatable bonds is 5. The van der Waals surface area contributed by atoms with Crippen LogP contribution in [0.25, 0.3) is 0 Å². The highest BCUT2D eigenvalue weighted by molar-refractivity contribution is 9.10. The Morgan fingerprint density at radius 2 is 1.62 bits per heavy atom. The van der Waals surface area contributed by atoms with Crippen molar-refractivity contribution < 1.29 is 0 Å². The van der Waals surface area contributed by atoms with E-state index in [0.29, 0.717) is 5.92 Å². The van der Waals surface area contributed by atoms with E-state index < -0.39 is 0 Å². The molecule has 0 bridgehead atoms. The average Bonchev–Trinajstić information content (AvgIpc) is 2.44. The number of hydrogen-bond donors (Lipinski definition) is 1. The number of halogens is 3. The van der Waals surface area contributed by atoms with E-state index >= 15 is 0 Å². The Bertz CT molecular complexity index is 596. The van der Waals surface area contributed by atoms with Gasteiger partial charge in [0, 0.05) is 27.1 Å². The predicted octanol–water partition coefficient (Wildman–Crippen LogP) is 6.24. The van der Waals surface area contributed by atoms with Crippen LogP contribution >= 0.6 is 39.1 Å². The molecular formula is C17H18BrCl2N. The van der Waals surface area contributed by atoms with Gasteiger partial charge in [0.25, 0.3) is 0 Å². The molecule has 112 valence electrons. The second-order valence-corrected chi connectivity index (χ2v) is 7.12. The third kappa shape index (κ3) is 4.72. The average molecular weight is 387 g/mol. The Kier molecular flexibility index (Phi) is 6.12. The molecule has 2 rings (SSSR count). The van der Waals surface area contributed by atoms with Crippen molar-refractivity contribution in [3.05, 3.63) is 68.1 Å². The van der Waals surface area contributed by atoms with Gasteiger partial charge < -0.3 is 5.32 Å². The van der Waals surface area contributed by atoms with Gasteiger partial charge in [0.15, 0.2) is 0 Å². The van der Waals surface area contributed by atoms with Gasteiger partial charge in [0.2, 0.25) is 0 Å². The maximum atomic E-state index is 6.07. The van der Waals surface area contributed by atoms with Crippen LogP contribution in [0.1, 0.15) is 31.0 Å². The molecule has 0 spiro atoms. The van der Waals surface area contributed by atoms with Crippen molar-refractivity contribution in [2.75, 3.05) is 0 Å². The molecule has 0 fully saturated rings. The Morgan fingerprint density at radius 3 is 2.24 bits per heavy atom. The topological polar surface area (TPSA) is 12.0 Å². The molecule has 2 aromatic rings. The first kappa shape index (κ1) is 16.8. The Balaban J connectivity index is 2.13. The van der Waals surface area contributed by atoms with E-state index in [2.05, 4.69) is 47.2 Å². The molecule has 4 heteroatoms. The standard InChI is InChI=1S/C17H18BrCl2N/c1-11(2)17(12-3-5-14(19)6-4-12)21-10-13-9-15(20)7-8-16(13)18/h3-9,11,17,21H,10H2,1-2H3. The first-order valence-corrected chi connectivity index (χ1v) is 8.45. The number of benzene rings is 2. The predicted molar refractivity (Wildman–Crippen MR) is 95.0 cm³/mol. The van der Waals surface area contributed by atoms with Gasteiger partial charge in [-0.1, -0.05) is 65.1 Å². The highest BCUT2D eigenvalue weighted by Gasteiger charge is 2.15. The lowest BCUT2D eigenvalue weighted by Crippen LogP contribution is -2.25. The molecule has 1 nitrogen and oxygen atoms in total. The molecule has 0 aromatic heterocycles. The molecule has 1 N–H and O–H groups in total. The van der Waals surface area contributed by atoms with Gasteiger partial charge in [0.1, 0.15) is 0 Å². The van der Waals surface area contributed by atoms with Crippen molar-refractivity contribution in [2.45, 2.75) is 26.4 Å². The number of nitrogens with one attached hydrogen (secondary N) is 1. The van der Waals surface area contributed by atoms with E-state index in [0.717, 1.165) is 26.6 Å². The molecule has 0 aliphatic heterocycles. The fraction of sp³-hybridized carbons (Fsp3) is 0.294. The third-order valence-corrected chi connectivity index (χ3v) is 4.68. The van der Waals surface area contributed by atoms with Crippen LogP contribution in [-0.4, -0.2) is 0 Å². The van der Waals surface area contributed by atoms with Crippen LogP contribution in [0.15, 0.2) is 46.9 Å². The zero-order valence-corrected chi connectivity index (χ0v) is 15.1. The van der Waals surface area contributed by atoms with Crippen molar-refractivity contribution in [3.8, 4) is 0 Å². The van der Waals surface area contributed by atoms with Crippen molar-refractivity contribution >= 4 is 39.1 Å². The number of hydrogen-bond acceptors (Lipinski definition) is 1. The highest BCUT2D eigenvalue weighted by Crippen LogP contribution is 2.26. The van der Waals surface area contributed by atoms with E-state index in [1.165, 1.54) is 5.56 Å². The summed E-state index contributed by atoms with van der Waals surface area (Å²) in [6, 6.07) is 14.1. The molecule has 0 heterocycles. The van der Waals surface area contributed by atoms with Crippen molar-refractivity contribution in [3.63, 3.8) is 0 Å². The lowest BCUT2D eigenvalue weighted by atomic mass is 9.96. The van der Waals surface area contributed by atoms with Gasteiger partial charge in [-0.05, 0) is 47.4 Å². The minimum absolute atomic E-state index is 0.271. The Morgan fingerprint density at radius 1 is 1.00 bits per heavy atom. The summed E-state index contributed by atoms with van der Waals surface area (Å²) in [4.78, 5) is 0. The van der Waals surface area contributed by atoms with Crippen molar-refractivity contribution in [1.29, 1.82) is 0 Å². The molecule has 0 saturated carbocycles. The molecule has 0 amide bonds. The van der Waals surface area contributed by atoms with E-state index in [4.69, 9.17) is 23.2 Å². The summed E-state index contributed by atoms with van der Waals surface area (Å²) in [5.74, 6) is 0.476. The van der Waals surface area contributed by atoms with Crippen LogP contribution in [0.3, 0.4) is 0 Å². The first-order valence-electron chi connectivity index (χ1n) is 6.90. The minimum Gasteiger partial charge on any atom is -0.306 e. The maximum absolute atomic E-state index is 6.07. The van der Waals surface area contributed by atoms with Crippen LogP contribution in [0.5, 0.6) is 0 Å². The monoisotopic (exact) mass is 385 g/mol. The van der Waals surface area contributed by atoms with Crippen LogP contribution in [0, 0.1) is 5.92 Å². The smallest absolute Gasteiger partial charge is 0.0410 e. The zero-order valence-electron chi connectivity index (χ0n) is 12.0. The summed E-state index contributed by atoms with van der Waals surface area (Å²) in [5.41, 5.74) is 2.40.